The molecule has 0 radical (unpaired) electrons. The highest BCUT2D eigenvalue weighted by Gasteiger charge is 2.10. The van der Waals surface area contributed by atoms with Crippen LogP contribution in [-0.4, -0.2) is 40.0 Å². The number of ether oxygens (including phenoxy) is 2. The first-order chi connectivity index (χ1) is 10.3. The summed E-state index contributed by atoms with van der Waals surface area (Å²) in [7, 11) is 1.74. The van der Waals surface area contributed by atoms with Crippen molar-refractivity contribution < 1.29 is 9.47 Å². The fraction of sp³-hybridized carbons (Fsp3) is 0.647. The third kappa shape index (κ3) is 9.25. The van der Waals surface area contributed by atoms with Gasteiger partial charge < -0.3 is 14.8 Å². The molecule has 1 unspecified atom stereocenters. The van der Waals surface area contributed by atoms with Crippen LogP contribution < -0.4 is 5.32 Å². The van der Waals surface area contributed by atoms with Crippen molar-refractivity contribution in [1.82, 2.24) is 5.32 Å². The van der Waals surface area contributed by atoms with Crippen LogP contribution >= 0.6 is 15.9 Å². The van der Waals surface area contributed by atoms with Crippen LogP contribution in [0.25, 0.3) is 0 Å². The second kappa shape index (κ2) is 12.2. The van der Waals surface area contributed by atoms with Gasteiger partial charge in [0.15, 0.2) is 0 Å². The minimum absolute atomic E-state index is 0.591. The fourth-order valence-corrected chi connectivity index (χ4v) is 2.70. The molecule has 0 bridgehead atoms. The van der Waals surface area contributed by atoms with E-state index in [2.05, 4.69) is 52.4 Å². The Morgan fingerprint density at radius 3 is 2.81 bits per heavy atom. The number of rotatable bonds is 12. The molecule has 0 amide bonds. The third-order valence-electron chi connectivity index (χ3n) is 3.35. The second-order valence-electron chi connectivity index (χ2n) is 5.30. The second-order valence-corrected chi connectivity index (χ2v) is 6.21. The molecule has 0 saturated heterocycles. The highest BCUT2D eigenvalue weighted by molar-refractivity contribution is 9.10. The van der Waals surface area contributed by atoms with Gasteiger partial charge in [-0.1, -0.05) is 35.0 Å². The normalized spacial score (nSPS) is 12.5. The Morgan fingerprint density at radius 1 is 1.24 bits per heavy atom. The maximum Gasteiger partial charge on any atom is 0.0587 e. The first-order valence-corrected chi connectivity index (χ1v) is 8.57. The summed E-state index contributed by atoms with van der Waals surface area (Å²) < 4.78 is 11.9. The van der Waals surface area contributed by atoms with Gasteiger partial charge in [0.1, 0.15) is 0 Å². The predicted molar refractivity (Wildman–Crippen MR) is 91.8 cm³/mol. The smallest absolute Gasteiger partial charge is 0.0587 e. The van der Waals surface area contributed by atoms with E-state index in [1.807, 2.05) is 0 Å². The van der Waals surface area contributed by atoms with Crippen LogP contribution in [0.1, 0.15) is 25.3 Å². The van der Waals surface area contributed by atoms with E-state index in [9.17, 15) is 0 Å². The Morgan fingerprint density at radius 2 is 2.10 bits per heavy atom. The van der Waals surface area contributed by atoms with Gasteiger partial charge in [-0.15, -0.1) is 0 Å². The molecule has 0 heterocycles. The molecular weight excluding hydrogens is 330 g/mol. The Bertz CT molecular complexity index is 362. The van der Waals surface area contributed by atoms with E-state index in [0.717, 1.165) is 56.6 Å². The SMILES string of the molecule is CCCOCCC(CNCCOC)Cc1cccc(Br)c1. The van der Waals surface area contributed by atoms with Crippen molar-refractivity contribution in [3.63, 3.8) is 0 Å². The minimum Gasteiger partial charge on any atom is -0.383 e. The van der Waals surface area contributed by atoms with Gasteiger partial charge in [0.2, 0.25) is 0 Å². The van der Waals surface area contributed by atoms with Crippen LogP contribution in [0.2, 0.25) is 0 Å². The molecule has 0 fully saturated rings. The molecule has 1 aromatic rings. The lowest BCUT2D eigenvalue weighted by atomic mass is 9.96. The van der Waals surface area contributed by atoms with Crippen LogP contribution in [-0.2, 0) is 15.9 Å². The maximum absolute atomic E-state index is 5.64. The quantitative estimate of drug-likeness (QED) is 0.579. The van der Waals surface area contributed by atoms with Gasteiger partial charge in [-0.3, -0.25) is 0 Å². The summed E-state index contributed by atoms with van der Waals surface area (Å²) in [5.41, 5.74) is 1.37. The summed E-state index contributed by atoms with van der Waals surface area (Å²) in [6.07, 6.45) is 3.25. The molecule has 1 N–H and O–H groups in total. The van der Waals surface area contributed by atoms with Gasteiger partial charge in [-0.05, 0) is 49.4 Å². The Labute approximate surface area is 137 Å². The van der Waals surface area contributed by atoms with Crippen molar-refractivity contribution >= 4 is 15.9 Å². The van der Waals surface area contributed by atoms with Crippen molar-refractivity contribution in [2.75, 3.05) is 40.0 Å². The van der Waals surface area contributed by atoms with Gasteiger partial charge in [-0.25, -0.2) is 0 Å². The molecule has 0 spiro atoms. The Kier molecular flexibility index (Phi) is 10.8. The van der Waals surface area contributed by atoms with Crippen molar-refractivity contribution in [2.24, 2.45) is 5.92 Å². The fourth-order valence-electron chi connectivity index (χ4n) is 2.25. The van der Waals surface area contributed by atoms with Gasteiger partial charge in [0.25, 0.3) is 0 Å². The molecular formula is C17H28BrNO2. The van der Waals surface area contributed by atoms with E-state index in [-0.39, 0.29) is 0 Å². The lowest BCUT2D eigenvalue weighted by molar-refractivity contribution is 0.119. The van der Waals surface area contributed by atoms with Gasteiger partial charge in [0, 0.05) is 31.3 Å². The van der Waals surface area contributed by atoms with Crippen molar-refractivity contribution in [2.45, 2.75) is 26.2 Å². The van der Waals surface area contributed by atoms with Crippen LogP contribution in [0.4, 0.5) is 0 Å². The molecule has 0 saturated carbocycles. The Balaban J connectivity index is 2.41. The minimum atomic E-state index is 0.591. The Hall–Kier alpha value is -0.420. The highest BCUT2D eigenvalue weighted by Crippen LogP contribution is 2.17. The number of halogens is 1. The lowest BCUT2D eigenvalue weighted by Crippen LogP contribution is -2.28. The highest BCUT2D eigenvalue weighted by atomic mass is 79.9. The summed E-state index contributed by atoms with van der Waals surface area (Å²) in [6.45, 7) is 6.52. The summed E-state index contributed by atoms with van der Waals surface area (Å²) >= 11 is 3.54. The zero-order valence-corrected chi connectivity index (χ0v) is 14.8. The number of nitrogens with one attached hydrogen (secondary N) is 1. The maximum atomic E-state index is 5.64. The van der Waals surface area contributed by atoms with Crippen molar-refractivity contribution in [1.29, 1.82) is 0 Å². The van der Waals surface area contributed by atoms with E-state index in [4.69, 9.17) is 9.47 Å². The first-order valence-electron chi connectivity index (χ1n) is 7.78. The number of benzene rings is 1. The molecule has 4 heteroatoms. The monoisotopic (exact) mass is 357 g/mol. The molecule has 1 rings (SSSR count). The molecule has 0 aliphatic rings. The topological polar surface area (TPSA) is 30.5 Å². The summed E-state index contributed by atoms with van der Waals surface area (Å²) in [5.74, 6) is 0.591. The molecule has 3 nitrogen and oxygen atoms in total. The van der Waals surface area contributed by atoms with Gasteiger partial charge in [0.05, 0.1) is 6.61 Å². The zero-order valence-electron chi connectivity index (χ0n) is 13.2. The predicted octanol–water partition coefficient (Wildman–Crippen LogP) is 3.66. The molecule has 1 aromatic carbocycles. The number of methoxy groups -OCH3 is 1. The van der Waals surface area contributed by atoms with Crippen LogP contribution in [0.15, 0.2) is 28.7 Å². The third-order valence-corrected chi connectivity index (χ3v) is 3.84. The van der Waals surface area contributed by atoms with E-state index >= 15 is 0 Å². The average molecular weight is 358 g/mol. The summed E-state index contributed by atoms with van der Waals surface area (Å²) in [5, 5.41) is 3.47. The molecule has 0 aliphatic heterocycles. The van der Waals surface area contributed by atoms with Crippen LogP contribution in [0.5, 0.6) is 0 Å². The van der Waals surface area contributed by atoms with Crippen molar-refractivity contribution in [3.05, 3.63) is 34.3 Å². The van der Waals surface area contributed by atoms with E-state index in [1.165, 1.54) is 5.56 Å². The molecule has 0 aromatic heterocycles. The van der Waals surface area contributed by atoms with Crippen LogP contribution in [0, 0.1) is 5.92 Å². The largest absolute Gasteiger partial charge is 0.383 e. The molecule has 120 valence electrons. The van der Waals surface area contributed by atoms with E-state index in [1.54, 1.807) is 7.11 Å². The first kappa shape index (κ1) is 18.6. The van der Waals surface area contributed by atoms with Crippen molar-refractivity contribution in [3.8, 4) is 0 Å². The van der Waals surface area contributed by atoms with E-state index in [0.29, 0.717) is 5.92 Å². The van der Waals surface area contributed by atoms with Gasteiger partial charge >= 0.3 is 0 Å². The van der Waals surface area contributed by atoms with E-state index < -0.39 is 0 Å². The summed E-state index contributed by atoms with van der Waals surface area (Å²) in [6, 6.07) is 8.57. The lowest BCUT2D eigenvalue weighted by Gasteiger charge is -2.18. The standard InChI is InChI=1S/C17H28BrNO2/c1-3-9-21-10-7-16(14-19-8-11-20-2)12-15-5-4-6-17(18)13-15/h4-6,13,16,19H,3,7-12,14H2,1-2H3. The number of hydrogen-bond acceptors (Lipinski definition) is 3. The molecule has 0 aliphatic carbocycles. The average Bonchev–Trinajstić information content (AvgIpc) is 2.48. The molecule has 1 atom stereocenters. The van der Waals surface area contributed by atoms with Gasteiger partial charge in [-0.2, -0.15) is 0 Å². The van der Waals surface area contributed by atoms with Crippen LogP contribution in [0.3, 0.4) is 0 Å². The zero-order chi connectivity index (χ0) is 15.3. The number of hydrogen-bond donors (Lipinski definition) is 1. The molecule has 21 heavy (non-hydrogen) atoms. The summed E-state index contributed by atoms with van der Waals surface area (Å²) in [4.78, 5) is 0.